The van der Waals surface area contributed by atoms with E-state index >= 15 is 4.39 Å². The molecule has 2 N–H and O–H groups in total. The van der Waals surface area contributed by atoms with Crippen LogP contribution >= 0.6 is 11.6 Å². The van der Waals surface area contributed by atoms with Gasteiger partial charge in [-0.2, -0.15) is 5.10 Å². The van der Waals surface area contributed by atoms with Crippen molar-refractivity contribution in [2.75, 3.05) is 24.5 Å². The van der Waals surface area contributed by atoms with Crippen LogP contribution in [0.2, 0.25) is 42.8 Å². The number of aromatic amines is 1. The van der Waals surface area contributed by atoms with Gasteiger partial charge >= 0.3 is 0 Å². The average Bonchev–Trinajstić information content (AvgIpc) is 3.26. The fourth-order valence-electron chi connectivity index (χ4n) is 5.44. The molecule has 4 heterocycles. The van der Waals surface area contributed by atoms with E-state index in [1.54, 1.807) is 6.20 Å². The maximum atomic E-state index is 16.7. The van der Waals surface area contributed by atoms with Gasteiger partial charge in [0.2, 0.25) is 0 Å². The summed E-state index contributed by atoms with van der Waals surface area (Å²) < 4.78 is 23.6. The van der Waals surface area contributed by atoms with Gasteiger partial charge in [0.05, 0.1) is 30.4 Å². The summed E-state index contributed by atoms with van der Waals surface area (Å²) in [6.45, 7) is 26.3. The van der Waals surface area contributed by atoms with Crippen LogP contribution in [0.4, 0.5) is 10.2 Å². The summed E-state index contributed by atoms with van der Waals surface area (Å²) >= 11 is 7.23. The maximum Gasteiger partial charge on any atom is 0.184 e. The highest BCUT2D eigenvalue weighted by atomic mass is 35.5. The van der Waals surface area contributed by atoms with Crippen LogP contribution < -0.4 is 15.4 Å². The molecule has 0 aromatic carbocycles. The number of hydrogen-bond donors (Lipinski definition) is 2. The van der Waals surface area contributed by atoms with E-state index in [-0.39, 0.29) is 34.1 Å². The van der Waals surface area contributed by atoms with E-state index in [0.717, 1.165) is 11.9 Å². The summed E-state index contributed by atoms with van der Waals surface area (Å²) in [6, 6.07) is 3.77. The molecule has 1 aliphatic heterocycles. The van der Waals surface area contributed by atoms with Gasteiger partial charge in [0.15, 0.2) is 19.8 Å². The maximum absolute atomic E-state index is 16.7. The normalized spacial score (nSPS) is 18.9. The Bertz CT molecular complexity index is 1380. The molecule has 40 heavy (non-hydrogen) atoms. The van der Waals surface area contributed by atoms with Gasteiger partial charge in [-0.15, -0.1) is 0 Å². The SMILES string of the molecule is CC(C)[C@@](C)(O[Si](C)(C)C)[C@H]1CN(c2nc(-c3[nH]nc4ncccc34)c(F)c([Si](C)(C)C(C)(C)C)c2Cl)CCN1. The Kier molecular flexibility index (Phi) is 8.37. The van der Waals surface area contributed by atoms with Gasteiger partial charge in [-0.1, -0.05) is 59.3 Å². The number of pyridine rings is 2. The van der Waals surface area contributed by atoms with E-state index in [9.17, 15) is 0 Å². The number of fused-ring (bicyclic) bond motifs is 1. The molecule has 0 radical (unpaired) electrons. The minimum atomic E-state index is -2.44. The van der Waals surface area contributed by atoms with Crippen molar-refractivity contribution in [3.63, 3.8) is 0 Å². The van der Waals surface area contributed by atoms with E-state index in [2.05, 4.69) is 99.7 Å². The van der Waals surface area contributed by atoms with Gasteiger partial charge in [0, 0.05) is 31.2 Å². The lowest BCUT2D eigenvalue weighted by Crippen LogP contribution is -2.65. The van der Waals surface area contributed by atoms with Crippen molar-refractivity contribution in [1.29, 1.82) is 0 Å². The third-order valence-electron chi connectivity index (χ3n) is 8.97. The average molecular weight is 605 g/mol. The zero-order valence-electron chi connectivity index (χ0n) is 26.0. The lowest BCUT2D eigenvalue weighted by molar-refractivity contribution is -0.00559. The first-order valence-electron chi connectivity index (χ1n) is 14.3. The molecule has 7 nitrogen and oxygen atoms in total. The Labute approximate surface area is 245 Å². The van der Waals surface area contributed by atoms with Crippen molar-refractivity contribution in [3.05, 3.63) is 29.2 Å². The van der Waals surface area contributed by atoms with Crippen molar-refractivity contribution < 1.29 is 8.82 Å². The Morgan fingerprint density at radius 1 is 1.15 bits per heavy atom. The van der Waals surface area contributed by atoms with Crippen molar-refractivity contribution in [1.82, 2.24) is 25.5 Å². The molecule has 0 amide bonds. The van der Waals surface area contributed by atoms with Crippen molar-refractivity contribution in [2.24, 2.45) is 5.92 Å². The van der Waals surface area contributed by atoms with E-state index in [1.807, 2.05) is 12.1 Å². The third-order valence-corrected chi connectivity index (χ3v) is 16.0. The number of halogens is 2. The summed E-state index contributed by atoms with van der Waals surface area (Å²) in [6.07, 6.45) is 1.68. The van der Waals surface area contributed by atoms with E-state index in [0.29, 0.717) is 40.5 Å². The van der Waals surface area contributed by atoms with Crippen molar-refractivity contribution in [2.45, 2.75) is 91.0 Å². The largest absolute Gasteiger partial charge is 0.411 e. The molecule has 4 rings (SSSR count). The Balaban J connectivity index is 1.91. The standard InChI is InChI=1S/C29H46ClFN6OSi2/c1-18(2)29(6,38-39(7,8)9)20-17-37(16-15-32-20)27-21(30)25(40(10,11)28(3,4)5)22(31)24(34-27)23-19-13-12-14-33-26(19)36-35-23/h12-14,18,20,32H,15-17H2,1-11H3,(H,33,35,36)/t20-,29-/m1/s1. The number of aromatic nitrogens is 4. The molecule has 0 spiro atoms. The first-order chi connectivity index (χ1) is 18.4. The highest BCUT2D eigenvalue weighted by Crippen LogP contribution is 2.41. The molecule has 3 aromatic heterocycles. The number of piperazine rings is 1. The molecule has 0 saturated carbocycles. The van der Waals surface area contributed by atoms with Gasteiger partial charge in [0.25, 0.3) is 0 Å². The summed E-state index contributed by atoms with van der Waals surface area (Å²) in [7, 11) is -4.28. The van der Waals surface area contributed by atoms with Crippen LogP contribution in [0.25, 0.3) is 22.4 Å². The topological polar surface area (TPSA) is 79.0 Å². The molecule has 0 aliphatic carbocycles. The fraction of sp³-hybridized carbons (Fsp3) is 0.621. The van der Waals surface area contributed by atoms with Crippen LogP contribution in [0, 0.1) is 11.7 Å². The second-order valence-electron chi connectivity index (χ2n) is 14.1. The van der Waals surface area contributed by atoms with E-state index in [4.69, 9.17) is 21.0 Å². The number of hydrogen-bond acceptors (Lipinski definition) is 6. The highest BCUT2D eigenvalue weighted by Gasteiger charge is 2.46. The van der Waals surface area contributed by atoms with Gasteiger partial charge < -0.3 is 14.6 Å². The first-order valence-corrected chi connectivity index (χ1v) is 21.0. The summed E-state index contributed by atoms with van der Waals surface area (Å²) in [5.41, 5.74) is 0.919. The highest BCUT2D eigenvalue weighted by molar-refractivity contribution is 6.93. The monoisotopic (exact) mass is 604 g/mol. The zero-order chi connectivity index (χ0) is 29.8. The molecule has 1 aliphatic rings. The first kappa shape index (κ1) is 31.1. The summed E-state index contributed by atoms with van der Waals surface area (Å²) in [5.74, 6) is 0.543. The molecule has 220 valence electrons. The number of rotatable bonds is 7. The lowest BCUT2D eigenvalue weighted by Gasteiger charge is -2.49. The molecule has 11 heteroatoms. The number of H-pyrrole nitrogens is 1. The molecular weight excluding hydrogens is 559 g/mol. The molecule has 1 fully saturated rings. The number of nitrogens with one attached hydrogen (secondary N) is 2. The van der Waals surface area contributed by atoms with E-state index in [1.165, 1.54) is 0 Å². The number of nitrogens with zero attached hydrogens (tertiary/aromatic N) is 4. The Morgan fingerprint density at radius 2 is 1.82 bits per heavy atom. The Hall–Kier alpha value is -1.86. The summed E-state index contributed by atoms with van der Waals surface area (Å²) in [4.78, 5) is 11.5. The van der Waals surface area contributed by atoms with E-state index < -0.39 is 16.4 Å². The molecule has 3 aromatic rings. The van der Waals surface area contributed by atoms with Crippen LogP contribution in [0.3, 0.4) is 0 Å². The van der Waals surface area contributed by atoms with Crippen LogP contribution in [-0.4, -0.2) is 67.8 Å². The van der Waals surface area contributed by atoms with Gasteiger partial charge in [-0.25, -0.2) is 14.4 Å². The Morgan fingerprint density at radius 3 is 2.42 bits per heavy atom. The summed E-state index contributed by atoms with van der Waals surface area (Å²) in [5, 5.41) is 12.7. The van der Waals surface area contributed by atoms with Gasteiger partial charge in [-0.3, -0.25) is 5.10 Å². The van der Waals surface area contributed by atoms with Crippen LogP contribution in [0.15, 0.2) is 18.3 Å². The predicted molar refractivity (Wildman–Crippen MR) is 171 cm³/mol. The molecule has 1 saturated heterocycles. The minimum Gasteiger partial charge on any atom is -0.411 e. The van der Waals surface area contributed by atoms with Crippen LogP contribution in [0.5, 0.6) is 0 Å². The number of anilines is 1. The lowest BCUT2D eigenvalue weighted by atomic mass is 9.84. The molecule has 2 atom stereocenters. The zero-order valence-corrected chi connectivity index (χ0v) is 28.7. The molecule has 0 bridgehead atoms. The van der Waals surface area contributed by atoms with Gasteiger partial charge in [-0.05, 0) is 54.8 Å². The van der Waals surface area contributed by atoms with Crippen molar-refractivity contribution >= 4 is 50.0 Å². The molecule has 0 unspecified atom stereocenters. The minimum absolute atomic E-state index is 0.0489. The van der Waals surface area contributed by atoms with Crippen molar-refractivity contribution in [3.8, 4) is 11.4 Å². The quantitative estimate of drug-likeness (QED) is 0.297. The predicted octanol–water partition coefficient (Wildman–Crippen LogP) is 6.57. The fourth-order valence-corrected chi connectivity index (χ4v) is 10.2. The van der Waals surface area contributed by atoms with Gasteiger partial charge in [0.1, 0.15) is 11.5 Å². The smallest absolute Gasteiger partial charge is 0.184 e. The molecular formula is C29H46ClFN6OSi2. The van der Waals surface area contributed by atoms with Crippen LogP contribution in [0.1, 0.15) is 41.5 Å². The second-order valence-corrected chi connectivity index (χ2v) is 24.2. The van der Waals surface area contributed by atoms with Crippen LogP contribution in [-0.2, 0) is 4.43 Å². The third kappa shape index (κ3) is 5.62. The second kappa shape index (κ2) is 10.8.